The predicted octanol–water partition coefficient (Wildman–Crippen LogP) is 2.54. The molecule has 0 aromatic heterocycles. The Labute approximate surface area is 74.6 Å². The second kappa shape index (κ2) is 6.89. The quantitative estimate of drug-likeness (QED) is 0.468. The number of hydrogen-bond donors (Lipinski definition) is 0. The Morgan fingerprint density at radius 2 is 2.17 bits per heavy atom. The lowest BCUT2D eigenvalue weighted by atomic mass is 10.1. The molecule has 2 nitrogen and oxygen atoms in total. The average molecular weight is 170 g/mol. The van der Waals surface area contributed by atoms with Crippen LogP contribution in [0.4, 0.5) is 0 Å². The molecule has 0 fully saturated rings. The van der Waals surface area contributed by atoms with E-state index in [1.54, 1.807) is 0 Å². The molecule has 0 saturated heterocycles. The molecule has 0 aliphatic rings. The Balaban J connectivity index is 3.60. The molecule has 0 bridgehead atoms. The maximum atomic E-state index is 11.0. The summed E-state index contributed by atoms with van der Waals surface area (Å²) in [5, 5.41) is 0. The predicted molar refractivity (Wildman–Crippen MR) is 49.8 cm³/mol. The number of carbonyl (C=O) groups is 1. The smallest absolute Gasteiger partial charge is 0.306 e. The van der Waals surface area contributed by atoms with E-state index in [-0.39, 0.29) is 5.97 Å². The van der Waals surface area contributed by atoms with Gasteiger partial charge in [0.15, 0.2) is 0 Å². The van der Waals surface area contributed by atoms with Crippen LogP contribution in [0.2, 0.25) is 0 Å². The highest BCUT2D eigenvalue weighted by Crippen LogP contribution is 2.05. The highest BCUT2D eigenvalue weighted by molar-refractivity contribution is 5.69. The van der Waals surface area contributed by atoms with Crippen molar-refractivity contribution in [2.45, 2.75) is 33.6 Å². The van der Waals surface area contributed by atoms with Gasteiger partial charge in [0.05, 0.1) is 13.0 Å². The molecule has 12 heavy (non-hydrogen) atoms. The van der Waals surface area contributed by atoms with E-state index in [1.165, 1.54) is 0 Å². The Morgan fingerprint density at radius 1 is 1.50 bits per heavy atom. The van der Waals surface area contributed by atoms with Gasteiger partial charge in [-0.15, -0.1) is 0 Å². The maximum Gasteiger partial charge on any atom is 0.306 e. The van der Waals surface area contributed by atoms with Crippen LogP contribution < -0.4 is 0 Å². The standard InChI is InChI=1S/C10H18O2/c1-4-6-7-9(3)8-10(11)12-5-2/h6-7,9H,4-5,8H2,1-3H3. The third kappa shape index (κ3) is 5.96. The lowest BCUT2D eigenvalue weighted by Gasteiger charge is -2.04. The Kier molecular flexibility index (Phi) is 6.44. The lowest BCUT2D eigenvalue weighted by Crippen LogP contribution is -2.07. The SMILES string of the molecule is CCC=CC(C)CC(=O)OCC. The van der Waals surface area contributed by atoms with Gasteiger partial charge in [0.2, 0.25) is 0 Å². The summed E-state index contributed by atoms with van der Waals surface area (Å²) >= 11 is 0. The molecule has 0 aliphatic heterocycles. The van der Waals surface area contributed by atoms with Gasteiger partial charge in [-0.3, -0.25) is 4.79 Å². The fourth-order valence-corrected chi connectivity index (χ4v) is 0.919. The van der Waals surface area contributed by atoms with E-state index in [4.69, 9.17) is 4.74 Å². The first-order chi connectivity index (χ1) is 5.70. The van der Waals surface area contributed by atoms with Crippen LogP contribution in [0.1, 0.15) is 33.6 Å². The molecule has 0 aromatic carbocycles. The third-order valence-corrected chi connectivity index (χ3v) is 1.49. The van der Waals surface area contributed by atoms with Gasteiger partial charge in [-0.25, -0.2) is 0 Å². The zero-order valence-electron chi connectivity index (χ0n) is 8.17. The summed E-state index contributed by atoms with van der Waals surface area (Å²) in [6.45, 7) is 6.39. The van der Waals surface area contributed by atoms with E-state index in [2.05, 4.69) is 19.1 Å². The van der Waals surface area contributed by atoms with Crippen LogP contribution >= 0.6 is 0 Å². The van der Waals surface area contributed by atoms with Gasteiger partial charge < -0.3 is 4.74 Å². The minimum absolute atomic E-state index is 0.106. The van der Waals surface area contributed by atoms with Crippen molar-refractivity contribution in [2.75, 3.05) is 6.61 Å². The summed E-state index contributed by atoms with van der Waals surface area (Å²) in [6, 6.07) is 0. The molecule has 0 heterocycles. The van der Waals surface area contributed by atoms with Crippen LogP contribution in [0.25, 0.3) is 0 Å². The van der Waals surface area contributed by atoms with Crippen molar-refractivity contribution in [1.29, 1.82) is 0 Å². The zero-order valence-corrected chi connectivity index (χ0v) is 8.17. The second-order valence-corrected chi connectivity index (χ2v) is 2.82. The summed E-state index contributed by atoms with van der Waals surface area (Å²) in [4.78, 5) is 11.0. The largest absolute Gasteiger partial charge is 0.466 e. The minimum atomic E-state index is -0.106. The zero-order chi connectivity index (χ0) is 9.40. The molecule has 1 atom stereocenters. The van der Waals surface area contributed by atoms with Gasteiger partial charge in [-0.05, 0) is 19.3 Å². The van der Waals surface area contributed by atoms with Crippen molar-refractivity contribution in [3.05, 3.63) is 12.2 Å². The van der Waals surface area contributed by atoms with Gasteiger partial charge in [-0.1, -0.05) is 26.0 Å². The molecular weight excluding hydrogens is 152 g/mol. The van der Waals surface area contributed by atoms with Gasteiger partial charge in [-0.2, -0.15) is 0 Å². The molecule has 0 N–H and O–H groups in total. The monoisotopic (exact) mass is 170 g/mol. The van der Waals surface area contributed by atoms with Crippen LogP contribution in [0.3, 0.4) is 0 Å². The summed E-state index contributed by atoms with van der Waals surface area (Å²) in [5.41, 5.74) is 0. The number of rotatable bonds is 5. The average Bonchev–Trinajstić information content (AvgIpc) is 2.01. The van der Waals surface area contributed by atoms with E-state index in [9.17, 15) is 4.79 Å². The first-order valence-electron chi connectivity index (χ1n) is 4.53. The molecule has 0 aromatic rings. The van der Waals surface area contributed by atoms with Gasteiger partial charge in [0.1, 0.15) is 0 Å². The maximum absolute atomic E-state index is 11.0. The second-order valence-electron chi connectivity index (χ2n) is 2.82. The van der Waals surface area contributed by atoms with Crippen LogP contribution in [0.5, 0.6) is 0 Å². The number of allylic oxidation sites excluding steroid dienone is 2. The van der Waals surface area contributed by atoms with E-state index in [0.717, 1.165) is 6.42 Å². The van der Waals surface area contributed by atoms with Crippen LogP contribution in [-0.4, -0.2) is 12.6 Å². The van der Waals surface area contributed by atoms with Crippen molar-refractivity contribution < 1.29 is 9.53 Å². The number of ether oxygens (including phenoxy) is 1. The molecule has 0 spiro atoms. The fraction of sp³-hybridized carbons (Fsp3) is 0.700. The van der Waals surface area contributed by atoms with Crippen molar-refractivity contribution in [3.8, 4) is 0 Å². The Morgan fingerprint density at radius 3 is 2.67 bits per heavy atom. The number of hydrogen-bond acceptors (Lipinski definition) is 2. The van der Waals surface area contributed by atoms with Crippen molar-refractivity contribution in [1.82, 2.24) is 0 Å². The summed E-state index contributed by atoms with van der Waals surface area (Å²) < 4.78 is 4.82. The number of esters is 1. The molecule has 0 aliphatic carbocycles. The van der Waals surface area contributed by atoms with Crippen LogP contribution in [0.15, 0.2) is 12.2 Å². The molecule has 0 amide bonds. The van der Waals surface area contributed by atoms with E-state index >= 15 is 0 Å². The topological polar surface area (TPSA) is 26.3 Å². The van der Waals surface area contributed by atoms with Crippen LogP contribution in [-0.2, 0) is 9.53 Å². The van der Waals surface area contributed by atoms with Crippen LogP contribution in [0, 0.1) is 5.92 Å². The molecule has 0 rings (SSSR count). The van der Waals surface area contributed by atoms with E-state index in [0.29, 0.717) is 18.9 Å². The normalized spacial score (nSPS) is 13.2. The summed E-state index contributed by atoms with van der Waals surface area (Å²) in [7, 11) is 0. The molecular formula is C10H18O2. The summed E-state index contributed by atoms with van der Waals surface area (Å²) in [6.07, 6.45) is 5.64. The van der Waals surface area contributed by atoms with Gasteiger partial charge in [0, 0.05) is 0 Å². The third-order valence-electron chi connectivity index (χ3n) is 1.49. The van der Waals surface area contributed by atoms with Gasteiger partial charge >= 0.3 is 5.97 Å². The molecule has 2 heteroatoms. The lowest BCUT2D eigenvalue weighted by molar-refractivity contribution is -0.143. The Bertz CT molecular complexity index is 150. The molecule has 0 saturated carbocycles. The minimum Gasteiger partial charge on any atom is -0.466 e. The first-order valence-corrected chi connectivity index (χ1v) is 4.53. The first kappa shape index (κ1) is 11.2. The van der Waals surface area contributed by atoms with Gasteiger partial charge in [0.25, 0.3) is 0 Å². The fourth-order valence-electron chi connectivity index (χ4n) is 0.919. The molecule has 1 unspecified atom stereocenters. The van der Waals surface area contributed by atoms with E-state index in [1.807, 2.05) is 13.8 Å². The highest BCUT2D eigenvalue weighted by Gasteiger charge is 2.05. The van der Waals surface area contributed by atoms with Crippen molar-refractivity contribution >= 4 is 5.97 Å². The highest BCUT2D eigenvalue weighted by atomic mass is 16.5. The molecule has 0 radical (unpaired) electrons. The van der Waals surface area contributed by atoms with E-state index < -0.39 is 0 Å². The van der Waals surface area contributed by atoms with Crippen molar-refractivity contribution in [2.24, 2.45) is 5.92 Å². The molecule has 70 valence electrons. The number of carbonyl (C=O) groups excluding carboxylic acids is 1. The summed E-state index contributed by atoms with van der Waals surface area (Å²) in [5.74, 6) is 0.190. The Hall–Kier alpha value is -0.790. The van der Waals surface area contributed by atoms with Crippen molar-refractivity contribution in [3.63, 3.8) is 0 Å².